The molecule has 0 aliphatic carbocycles. The molecule has 2 nitrogen and oxygen atoms in total. The maximum atomic E-state index is 13.0. The van der Waals surface area contributed by atoms with Crippen molar-refractivity contribution in [2.45, 2.75) is 31.3 Å². The summed E-state index contributed by atoms with van der Waals surface area (Å²) in [5.74, 6) is 0. The first-order chi connectivity index (χ1) is 7.82. The third-order valence-corrected chi connectivity index (χ3v) is 12.2. The van der Waals surface area contributed by atoms with E-state index in [9.17, 15) is 4.57 Å². The standard InChI is InChI=1S/C12H20ClO2PSi/c1-5-15-16(14,12(13)17(2,3)4)11-9-7-6-8-10-11/h6-10,12H,5H2,1-4H3. The van der Waals surface area contributed by atoms with Gasteiger partial charge in [0.2, 0.25) is 7.37 Å². The average molecular weight is 291 g/mol. The zero-order valence-electron chi connectivity index (χ0n) is 10.8. The van der Waals surface area contributed by atoms with Gasteiger partial charge in [-0.15, -0.1) is 11.6 Å². The summed E-state index contributed by atoms with van der Waals surface area (Å²) in [5.41, 5.74) is 0. The lowest BCUT2D eigenvalue weighted by atomic mass is 10.4. The largest absolute Gasteiger partial charge is 0.325 e. The highest BCUT2D eigenvalue weighted by Crippen LogP contribution is 2.55. The lowest BCUT2D eigenvalue weighted by Crippen LogP contribution is -2.37. The zero-order valence-corrected chi connectivity index (χ0v) is 13.5. The third kappa shape index (κ3) is 3.44. The van der Waals surface area contributed by atoms with Gasteiger partial charge in [-0.1, -0.05) is 37.8 Å². The van der Waals surface area contributed by atoms with Gasteiger partial charge in [0.15, 0.2) is 0 Å². The van der Waals surface area contributed by atoms with Crippen LogP contribution in [-0.4, -0.2) is 19.4 Å². The van der Waals surface area contributed by atoms with Gasteiger partial charge >= 0.3 is 0 Å². The van der Waals surface area contributed by atoms with E-state index in [1.807, 2.05) is 37.3 Å². The van der Waals surface area contributed by atoms with E-state index in [-0.39, 0.29) is 0 Å². The first-order valence-corrected chi connectivity index (χ1v) is 11.5. The van der Waals surface area contributed by atoms with Gasteiger partial charge in [0.25, 0.3) is 0 Å². The molecule has 2 atom stereocenters. The third-order valence-electron chi connectivity index (χ3n) is 2.45. The first-order valence-electron chi connectivity index (χ1n) is 5.76. The van der Waals surface area contributed by atoms with Crippen LogP contribution in [-0.2, 0) is 9.09 Å². The molecule has 0 aliphatic rings. The van der Waals surface area contributed by atoms with Gasteiger partial charge in [0, 0.05) is 5.30 Å². The van der Waals surface area contributed by atoms with Crippen molar-refractivity contribution < 1.29 is 9.09 Å². The Morgan fingerprint density at radius 2 is 1.82 bits per heavy atom. The maximum Gasteiger partial charge on any atom is 0.246 e. The van der Waals surface area contributed by atoms with Gasteiger partial charge in [0.05, 0.1) is 14.7 Å². The SMILES string of the molecule is CCOP(=O)(c1ccccc1)C(Cl)[Si](C)(C)C. The van der Waals surface area contributed by atoms with Gasteiger partial charge in [-0.25, -0.2) is 0 Å². The molecule has 0 aliphatic heterocycles. The van der Waals surface area contributed by atoms with E-state index in [0.29, 0.717) is 6.61 Å². The molecule has 0 heterocycles. The van der Waals surface area contributed by atoms with E-state index in [2.05, 4.69) is 19.6 Å². The van der Waals surface area contributed by atoms with Crippen LogP contribution >= 0.6 is 19.0 Å². The topological polar surface area (TPSA) is 26.3 Å². The average Bonchev–Trinajstić information content (AvgIpc) is 2.28. The summed E-state index contributed by atoms with van der Waals surface area (Å²) < 4.78 is 18.2. The summed E-state index contributed by atoms with van der Waals surface area (Å²) in [6.07, 6.45) is 0. The molecule has 96 valence electrons. The second-order valence-electron chi connectivity index (χ2n) is 5.05. The van der Waals surface area contributed by atoms with Crippen molar-refractivity contribution in [2.75, 3.05) is 6.61 Å². The van der Waals surface area contributed by atoms with Crippen LogP contribution in [0.2, 0.25) is 19.6 Å². The fourth-order valence-electron chi connectivity index (χ4n) is 1.61. The molecule has 0 aromatic heterocycles. The summed E-state index contributed by atoms with van der Waals surface area (Å²) in [5, 5.41) is 0.726. The van der Waals surface area contributed by atoms with E-state index in [1.165, 1.54) is 0 Å². The van der Waals surface area contributed by atoms with E-state index in [1.54, 1.807) is 0 Å². The second kappa shape index (κ2) is 5.70. The number of hydrogen-bond acceptors (Lipinski definition) is 2. The lowest BCUT2D eigenvalue weighted by Gasteiger charge is -2.30. The molecular weight excluding hydrogens is 271 g/mol. The van der Waals surface area contributed by atoms with Crippen LogP contribution in [0.1, 0.15) is 6.92 Å². The van der Waals surface area contributed by atoms with Gasteiger partial charge in [-0.2, -0.15) is 0 Å². The number of rotatable bonds is 5. The van der Waals surface area contributed by atoms with Gasteiger partial charge in [-0.3, -0.25) is 4.57 Å². The maximum absolute atomic E-state index is 13.0. The summed E-state index contributed by atoms with van der Waals surface area (Å²) in [7, 11) is -4.70. The van der Waals surface area contributed by atoms with Crippen LogP contribution in [0.4, 0.5) is 0 Å². The Hall–Kier alpha value is -0.0831. The van der Waals surface area contributed by atoms with E-state index < -0.39 is 20.2 Å². The summed E-state index contributed by atoms with van der Waals surface area (Å²) >= 11 is 6.45. The van der Waals surface area contributed by atoms with Crippen LogP contribution in [0.5, 0.6) is 0 Å². The van der Waals surface area contributed by atoms with Crippen LogP contribution in [0.3, 0.4) is 0 Å². The highest BCUT2D eigenvalue weighted by molar-refractivity contribution is 7.72. The van der Waals surface area contributed by atoms with Crippen LogP contribution < -0.4 is 5.30 Å². The molecule has 1 rings (SSSR count). The lowest BCUT2D eigenvalue weighted by molar-refractivity contribution is 0.342. The van der Waals surface area contributed by atoms with Crippen LogP contribution in [0.25, 0.3) is 0 Å². The molecule has 0 N–H and O–H groups in total. The fraction of sp³-hybridized carbons (Fsp3) is 0.500. The molecule has 0 saturated heterocycles. The number of hydrogen-bond donors (Lipinski definition) is 0. The molecule has 2 unspecified atom stereocenters. The predicted octanol–water partition coefficient (Wildman–Crippen LogP) is 4.07. The Labute approximate surface area is 110 Å². The molecule has 0 bridgehead atoms. The fourth-order valence-corrected chi connectivity index (χ4v) is 8.38. The Morgan fingerprint density at radius 3 is 2.24 bits per heavy atom. The zero-order chi connectivity index (χ0) is 13.1. The quantitative estimate of drug-likeness (QED) is 0.464. The minimum absolute atomic E-state index is 0.391. The number of alkyl halides is 1. The Kier molecular flexibility index (Phi) is 5.03. The van der Waals surface area contributed by atoms with Crippen molar-refractivity contribution in [1.82, 2.24) is 0 Å². The second-order valence-corrected chi connectivity index (χ2v) is 14.4. The Morgan fingerprint density at radius 1 is 1.29 bits per heavy atom. The molecular formula is C12H20ClO2PSi. The van der Waals surface area contributed by atoms with Crippen LogP contribution in [0.15, 0.2) is 30.3 Å². The van der Waals surface area contributed by atoms with Gasteiger partial charge in [0.1, 0.15) is 4.74 Å². The van der Waals surface area contributed by atoms with E-state index in [4.69, 9.17) is 16.1 Å². The molecule has 0 spiro atoms. The molecule has 0 amide bonds. The van der Waals surface area contributed by atoms with E-state index >= 15 is 0 Å². The van der Waals surface area contributed by atoms with Crippen LogP contribution in [0, 0.1) is 0 Å². The predicted molar refractivity (Wildman–Crippen MR) is 78.3 cm³/mol. The molecule has 0 saturated carbocycles. The first kappa shape index (κ1) is 15.0. The molecule has 0 radical (unpaired) electrons. The van der Waals surface area contributed by atoms with Crippen molar-refractivity contribution in [3.63, 3.8) is 0 Å². The van der Waals surface area contributed by atoms with Crippen molar-refractivity contribution in [3.8, 4) is 0 Å². The Balaban J connectivity index is 3.20. The molecule has 5 heteroatoms. The van der Waals surface area contributed by atoms with Crippen molar-refractivity contribution >= 4 is 32.3 Å². The van der Waals surface area contributed by atoms with Crippen molar-refractivity contribution in [3.05, 3.63) is 30.3 Å². The highest BCUT2D eigenvalue weighted by Gasteiger charge is 2.42. The van der Waals surface area contributed by atoms with Gasteiger partial charge < -0.3 is 4.52 Å². The Bertz CT molecular complexity index is 403. The monoisotopic (exact) mass is 290 g/mol. The molecule has 17 heavy (non-hydrogen) atoms. The summed E-state index contributed by atoms with van der Waals surface area (Å²) in [6.45, 7) is 8.60. The van der Waals surface area contributed by atoms with E-state index in [0.717, 1.165) is 5.30 Å². The highest BCUT2D eigenvalue weighted by atomic mass is 35.5. The van der Waals surface area contributed by atoms with Crippen molar-refractivity contribution in [2.24, 2.45) is 0 Å². The minimum atomic E-state index is -2.96. The summed E-state index contributed by atoms with van der Waals surface area (Å²) in [4.78, 5) is 0. The smallest absolute Gasteiger partial charge is 0.246 e. The summed E-state index contributed by atoms with van der Waals surface area (Å²) in [6, 6.07) is 9.32. The molecule has 1 aromatic rings. The minimum Gasteiger partial charge on any atom is -0.325 e. The van der Waals surface area contributed by atoms with Crippen molar-refractivity contribution in [1.29, 1.82) is 0 Å². The number of benzene rings is 1. The molecule has 0 fully saturated rings. The normalized spacial score (nSPS) is 17.5. The molecule has 1 aromatic carbocycles. The van der Waals surface area contributed by atoms with Gasteiger partial charge in [-0.05, 0) is 19.1 Å². The number of halogens is 1.